The van der Waals surface area contributed by atoms with Crippen LogP contribution in [0.15, 0.2) is 63.4 Å². The lowest BCUT2D eigenvalue weighted by molar-refractivity contribution is -0.144. The number of rotatable bonds is 10. The summed E-state index contributed by atoms with van der Waals surface area (Å²) in [5.74, 6) is 0.281. The Labute approximate surface area is 216 Å². The summed E-state index contributed by atoms with van der Waals surface area (Å²) in [6, 6.07) is 2.84. The van der Waals surface area contributed by atoms with Crippen LogP contribution in [0.1, 0.15) is 46.3 Å². The third kappa shape index (κ3) is 6.13. The Hall–Kier alpha value is -2.98. The van der Waals surface area contributed by atoms with Gasteiger partial charge in [-0.2, -0.15) is 0 Å². The van der Waals surface area contributed by atoms with Crippen LogP contribution < -0.4 is 10.4 Å². The minimum atomic E-state index is -1.21. The quantitative estimate of drug-likeness (QED) is 0.209. The van der Waals surface area contributed by atoms with E-state index < -0.39 is 47.2 Å². The average molecular weight is 517 g/mol. The molecule has 1 aromatic heterocycles. The van der Waals surface area contributed by atoms with Crippen LogP contribution in [0.2, 0.25) is 0 Å². The van der Waals surface area contributed by atoms with Crippen molar-refractivity contribution in [1.82, 2.24) is 0 Å². The monoisotopic (exact) mass is 516 g/mol. The maximum Gasteiger partial charge on any atom is 0.339 e. The molecule has 0 radical (unpaired) electrons. The van der Waals surface area contributed by atoms with Crippen molar-refractivity contribution in [1.29, 1.82) is 0 Å². The van der Waals surface area contributed by atoms with Gasteiger partial charge in [-0.1, -0.05) is 43.4 Å². The summed E-state index contributed by atoms with van der Waals surface area (Å²) >= 11 is 0. The molecule has 0 aliphatic carbocycles. The molecule has 0 saturated carbocycles. The number of aliphatic hydroxyl groups is 2. The molecule has 1 aromatic rings. The lowest BCUT2D eigenvalue weighted by atomic mass is 9.69. The van der Waals surface area contributed by atoms with E-state index in [0.717, 1.165) is 0 Å². The molecule has 0 unspecified atom stereocenters. The fraction of sp³-hybridized carbons (Fsp3) is 0.500. The van der Waals surface area contributed by atoms with Crippen molar-refractivity contribution in [2.45, 2.75) is 70.7 Å². The molecule has 9 nitrogen and oxygen atoms in total. The van der Waals surface area contributed by atoms with E-state index in [2.05, 4.69) is 4.74 Å². The van der Waals surface area contributed by atoms with Crippen LogP contribution in [0.3, 0.4) is 0 Å². The van der Waals surface area contributed by atoms with E-state index in [1.807, 2.05) is 6.92 Å². The molecule has 0 bridgehead atoms. The number of allylic oxidation sites excluding steroid dienone is 4. The highest BCUT2D eigenvalue weighted by Crippen LogP contribution is 2.55. The summed E-state index contributed by atoms with van der Waals surface area (Å²) < 4.78 is 27.1. The molecule has 2 N–H and O–H groups in total. The van der Waals surface area contributed by atoms with Crippen molar-refractivity contribution in [2.75, 3.05) is 13.7 Å². The number of aliphatic hydroxyl groups excluding tert-OH is 1. The first-order valence-corrected chi connectivity index (χ1v) is 12.3. The third-order valence-electron chi connectivity index (χ3n) is 7.07. The molecule has 3 heterocycles. The number of hydrogen-bond acceptors (Lipinski definition) is 9. The lowest BCUT2D eigenvalue weighted by Crippen LogP contribution is -2.54. The molecule has 0 aromatic carbocycles. The van der Waals surface area contributed by atoms with Gasteiger partial charge < -0.3 is 33.6 Å². The molecule has 9 heteroatoms. The summed E-state index contributed by atoms with van der Waals surface area (Å²) in [4.78, 5) is 23.2. The first kappa shape index (κ1) is 28.6. The average Bonchev–Trinajstić information content (AvgIpc) is 3.22. The van der Waals surface area contributed by atoms with Crippen molar-refractivity contribution in [3.63, 3.8) is 0 Å². The SMILES string of the molecule is CC[C@H]1O[C@H]2O[C@H](/C=C/C=C/C=C/c3cc(OCC/C=C(\C)C(=O)OC)cc(=O)o3)[C@H](O)[C@]2(C)[C@@]1(C)O. The zero-order valence-electron chi connectivity index (χ0n) is 21.9. The zero-order valence-corrected chi connectivity index (χ0v) is 21.9. The van der Waals surface area contributed by atoms with Crippen molar-refractivity contribution in [2.24, 2.45) is 5.41 Å². The van der Waals surface area contributed by atoms with Crippen LogP contribution in [-0.4, -0.2) is 60.1 Å². The van der Waals surface area contributed by atoms with Gasteiger partial charge in [-0.3, -0.25) is 0 Å². The highest BCUT2D eigenvalue weighted by atomic mass is 16.7. The second-order valence-electron chi connectivity index (χ2n) is 9.50. The van der Waals surface area contributed by atoms with Gasteiger partial charge >= 0.3 is 11.6 Å². The number of esters is 1. The van der Waals surface area contributed by atoms with Crippen molar-refractivity contribution in [3.8, 4) is 5.75 Å². The van der Waals surface area contributed by atoms with Crippen molar-refractivity contribution < 1.29 is 38.4 Å². The number of hydrogen-bond donors (Lipinski definition) is 2. The Morgan fingerprint density at radius 1 is 1.16 bits per heavy atom. The van der Waals surface area contributed by atoms with E-state index in [1.165, 1.54) is 13.2 Å². The number of methoxy groups -OCH3 is 1. The van der Waals surface area contributed by atoms with Crippen molar-refractivity contribution in [3.05, 3.63) is 70.3 Å². The summed E-state index contributed by atoms with van der Waals surface area (Å²) in [5.41, 5.74) is -2.21. The number of carbonyl (C=O) groups is 1. The Kier molecular flexibility index (Phi) is 9.31. The van der Waals surface area contributed by atoms with E-state index >= 15 is 0 Å². The van der Waals surface area contributed by atoms with Gasteiger partial charge in [-0.15, -0.1) is 0 Å². The smallest absolute Gasteiger partial charge is 0.339 e. The summed E-state index contributed by atoms with van der Waals surface area (Å²) in [6.45, 7) is 7.33. The first-order valence-electron chi connectivity index (χ1n) is 12.3. The van der Waals surface area contributed by atoms with E-state index in [-0.39, 0.29) is 6.61 Å². The first-order chi connectivity index (χ1) is 17.5. The van der Waals surface area contributed by atoms with Crippen LogP contribution in [0.25, 0.3) is 6.08 Å². The number of carbonyl (C=O) groups excluding carboxylic acids is 1. The van der Waals surface area contributed by atoms with Crippen LogP contribution in [-0.2, 0) is 19.0 Å². The second-order valence-corrected chi connectivity index (χ2v) is 9.50. The van der Waals surface area contributed by atoms with E-state index in [9.17, 15) is 19.8 Å². The Balaban J connectivity index is 1.53. The number of ether oxygens (including phenoxy) is 4. The van der Waals surface area contributed by atoms with E-state index in [0.29, 0.717) is 29.9 Å². The van der Waals surface area contributed by atoms with Gasteiger partial charge in [0.05, 0.1) is 37.4 Å². The van der Waals surface area contributed by atoms with Gasteiger partial charge in [-0.05, 0) is 33.3 Å². The Bertz CT molecular complexity index is 1130. The van der Waals surface area contributed by atoms with Gasteiger partial charge in [0, 0.05) is 18.1 Å². The normalized spacial score (nSPS) is 32.0. The Morgan fingerprint density at radius 3 is 2.57 bits per heavy atom. The molecular weight excluding hydrogens is 480 g/mol. The van der Waals surface area contributed by atoms with Gasteiger partial charge in [0.25, 0.3) is 0 Å². The maximum absolute atomic E-state index is 11.8. The predicted molar refractivity (Wildman–Crippen MR) is 137 cm³/mol. The topological polar surface area (TPSA) is 125 Å². The molecule has 2 saturated heterocycles. The molecule has 2 aliphatic heterocycles. The zero-order chi connectivity index (χ0) is 27.2. The van der Waals surface area contributed by atoms with Gasteiger partial charge in [0.15, 0.2) is 6.29 Å². The molecule has 3 rings (SSSR count). The fourth-order valence-corrected chi connectivity index (χ4v) is 4.61. The Morgan fingerprint density at radius 2 is 1.89 bits per heavy atom. The maximum atomic E-state index is 11.8. The molecular formula is C28H36O9. The summed E-state index contributed by atoms with van der Waals surface area (Å²) in [7, 11) is 1.32. The van der Waals surface area contributed by atoms with Crippen molar-refractivity contribution >= 4 is 12.0 Å². The van der Waals surface area contributed by atoms with Crippen LogP contribution in [0.5, 0.6) is 5.75 Å². The van der Waals surface area contributed by atoms with Gasteiger partial charge in [0.1, 0.15) is 23.2 Å². The van der Waals surface area contributed by atoms with Crippen LogP contribution >= 0.6 is 0 Å². The molecule has 202 valence electrons. The fourth-order valence-electron chi connectivity index (χ4n) is 4.61. The van der Waals surface area contributed by atoms with Gasteiger partial charge in [0.2, 0.25) is 0 Å². The molecule has 6 atom stereocenters. The van der Waals surface area contributed by atoms with Crippen LogP contribution in [0.4, 0.5) is 0 Å². The van der Waals surface area contributed by atoms with E-state index in [1.54, 1.807) is 69.4 Å². The second kappa shape index (κ2) is 12.0. The predicted octanol–water partition coefficient (Wildman–Crippen LogP) is 3.31. The summed E-state index contributed by atoms with van der Waals surface area (Å²) in [5, 5.41) is 21.9. The lowest BCUT2D eigenvalue weighted by Gasteiger charge is -2.38. The van der Waals surface area contributed by atoms with Gasteiger partial charge in [-0.25, -0.2) is 9.59 Å². The minimum absolute atomic E-state index is 0.278. The molecule has 37 heavy (non-hydrogen) atoms. The molecule has 2 aliphatic rings. The van der Waals surface area contributed by atoms with Crippen LogP contribution in [0, 0.1) is 5.41 Å². The molecule has 0 amide bonds. The molecule has 2 fully saturated rings. The third-order valence-corrected chi connectivity index (χ3v) is 7.07. The minimum Gasteiger partial charge on any atom is -0.493 e. The standard InChI is InChI=1S/C28H36O9/c1-6-22-28(4,32)27(3)24(30)21(36-26(27)37-22)14-10-8-7-9-13-19-16-20(17-23(29)35-19)34-15-11-12-18(2)25(31)33-5/h7-10,12-14,16-17,21-22,24,26,30,32H,6,11,15H2,1-5H3/b8-7+,13-9+,14-10+,18-12+/t21-,22-,24+,26-,27+,28+/m1/s1. The molecule has 0 spiro atoms. The number of fused-ring (bicyclic) bond motifs is 1. The van der Waals surface area contributed by atoms with E-state index in [4.69, 9.17) is 18.6 Å². The highest BCUT2D eigenvalue weighted by molar-refractivity contribution is 5.87. The summed E-state index contributed by atoms with van der Waals surface area (Å²) in [6.07, 6.45) is 10.4. The largest absolute Gasteiger partial charge is 0.493 e. The highest BCUT2D eigenvalue weighted by Gasteiger charge is 2.69.